The van der Waals surface area contributed by atoms with Gasteiger partial charge >= 0.3 is 5.97 Å². The summed E-state index contributed by atoms with van der Waals surface area (Å²) in [6, 6.07) is 14.5. The number of carbonyl (C=O) groups is 1. The minimum Gasteiger partial charge on any atom is -0.497 e. The molecule has 0 aromatic heterocycles. The first-order valence-corrected chi connectivity index (χ1v) is 7.08. The van der Waals surface area contributed by atoms with Gasteiger partial charge in [0, 0.05) is 12.1 Å². The van der Waals surface area contributed by atoms with E-state index >= 15 is 0 Å². The minimum atomic E-state index is -0.983. The average molecular weight is 314 g/mol. The van der Waals surface area contributed by atoms with Crippen LogP contribution in [0.4, 0.5) is 0 Å². The van der Waals surface area contributed by atoms with Crippen LogP contribution >= 0.6 is 0 Å². The summed E-state index contributed by atoms with van der Waals surface area (Å²) in [6.07, 6.45) is 2.60. The highest BCUT2D eigenvalue weighted by Crippen LogP contribution is 2.19. The number of carboxylic acids is 1. The van der Waals surface area contributed by atoms with Crippen molar-refractivity contribution in [2.24, 2.45) is 0 Å². The van der Waals surface area contributed by atoms with Gasteiger partial charge in [0.2, 0.25) is 0 Å². The third-order valence-corrected chi connectivity index (χ3v) is 2.94. The molecule has 0 spiro atoms. The lowest BCUT2D eigenvalue weighted by molar-refractivity contribution is -0.131. The quantitative estimate of drug-likeness (QED) is 0.598. The Morgan fingerprint density at radius 1 is 1.00 bits per heavy atom. The van der Waals surface area contributed by atoms with Crippen molar-refractivity contribution in [3.05, 3.63) is 60.2 Å². The zero-order valence-electron chi connectivity index (χ0n) is 12.8. The lowest BCUT2D eigenvalue weighted by atomic mass is 10.2. The van der Waals surface area contributed by atoms with Gasteiger partial charge in [0.1, 0.15) is 30.5 Å². The van der Waals surface area contributed by atoms with Crippen molar-refractivity contribution in [1.82, 2.24) is 0 Å². The molecule has 0 unspecified atom stereocenters. The maximum absolute atomic E-state index is 10.5. The van der Waals surface area contributed by atoms with Crippen LogP contribution in [-0.2, 0) is 4.79 Å². The van der Waals surface area contributed by atoms with E-state index in [-0.39, 0.29) is 0 Å². The molecule has 0 fully saturated rings. The lowest BCUT2D eigenvalue weighted by Crippen LogP contribution is -2.09. The highest BCUT2D eigenvalue weighted by Gasteiger charge is 1.99. The zero-order valence-corrected chi connectivity index (χ0v) is 12.8. The summed E-state index contributed by atoms with van der Waals surface area (Å²) in [5.41, 5.74) is 0.763. The maximum Gasteiger partial charge on any atom is 0.328 e. The number of aliphatic carboxylic acids is 1. The third-order valence-electron chi connectivity index (χ3n) is 2.94. The van der Waals surface area contributed by atoms with Crippen LogP contribution in [0.3, 0.4) is 0 Å². The van der Waals surface area contributed by atoms with Crippen LogP contribution in [0.2, 0.25) is 0 Å². The second-order valence-electron chi connectivity index (χ2n) is 4.62. The minimum absolute atomic E-state index is 0.378. The Bertz CT molecular complexity index is 679. The van der Waals surface area contributed by atoms with Gasteiger partial charge < -0.3 is 19.3 Å². The number of rotatable bonds is 8. The van der Waals surface area contributed by atoms with E-state index in [0.717, 1.165) is 17.4 Å². The highest BCUT2D eigenvalue weighted by atomic mass is 16.5. The molecule has 23 heavy (non-hydrogen) atoms. The molecule has 120 valence electrons. The molecule has 0 heterocycles. The molecule has 0 aliphatic heterocycles. The Morgan fingerprint density at radius 2 is 1.61 bits per heavy atom. The molecule has 0 atom stereocenters. The summed E-state index contributed by atoms with van der Waals surface area (Å²) in [6.45, 7) is 0.770. The molecular weight excluding hydrogens is 296 g/mol. The van der Waals surface area contributed by atoms with E-state index in [2.05, 4.69) is 0 Å². The van der Waals surface area contributed by atoms with E-state index in [1.165, 1.54) is 6.08 Å². The zero-order chi connectivity index (χ0) is 16.5. The monoisotopic (exact) mass is 314 g/mol. The van der Waals surface area contributed by atoms with Gasteiger partial charge in [-0.2, -0.15) is 0 Å². The highest BCUT2D eigenvalue weighted by molar-refractivity contribution is 5.85. The SMILES string of the molecule is COc1cccc(OCCOc2cccc(C=CC(=O)O)c2)c1. The molecule has 0 radical (unpaired) electrons. The number of ether oxygens (including phenoxy) is 3. The Labute approximate surface area is 134 Å². The smallest absolute Gasteiger partial charge is 0.328 e. The predicted octanol–water partition coefficient (Wildman–Crippen LogP) is 3.25. The maximum atomic E-state index is 10.5. The molecule has 0 saturated carbocycles. The van der Waals surface area contributed by atoms with Gasteiger partial charge in [-0.1, -0.05) is 18.2 Å². The first-order chi connectivity index (χ1) is 11.2. The molecule has 2 rings (SSSR count). The molecule has 0 aliphatic carbocycles. The van der Waals surface area contributed by atoms with E-state index in [4.69, 9.17) is 19.3 Å². The number of hydrogen-bond donors (Lipinski definition) is 1. The molecule has 5 nitrogen and oxygen atoms in total. The molecule has 2 aromatic carbocycles. The number of methoxy groups -OCH3 is 1. The summed E-state index contributed by atoms with van der Waals surface area (Å²) in [4.78, 5) is 10.5. The molecule has 2 aromatic rings. The summed E-state index contributed by atoms with van der Waals surface area (Å²) in [5, 5.41) is 8.62. The van der Waals surface area contributed by atoms with E-state index in [9.17, 15) is 4.79 Å². The summed E-state index contributed by atoms with van der Waals surface area (Å²) < 4.78 is 16.3. The van der Waals surface area contributed by atoms with Crippen molar-refractivity contribution in [3.63, 3.8) is 0 Å². The molecule has 5 heteroatoms. The number of hydrogen-bond acceptors (Lipinski definition) is 4. The van der Waals surface area contributed by atoms with Crippen molar-refractivity contribution in [3.8, 4) is 17.2 Å². The van der Waals surface area contributed by atoms with Gasteiger partial charge in [0.05, 0.1) is 7.11 Å². The second-order valence-corrected chi connectivity index (χ2v) is 4.62. The lowest BCUT2D eigenvalue weighted by Gasteiger charge is -2.09. The number of carboxylic acid groups (broad SMARTS) is 1. The van der Waals surface area contributed by atoms with E-state index in [1.807, 2.05) is 24.3 Å². The molecule has 0 saturated heterocycles. The van der Waals surface area contributed by atoms with Gasteiger partial charge in [-0.25, -0.2) is 4.79 Å². The van der Waals surface area contributed by atoms with Crippen LogP contribution in [0, 0.1) is 0 Å². The van der Waals surface area contributed by atoms with Crippen LogP contribution in [-0.4, -0.2) is 31.4 Å². The van der Waals surface area contributed by atoms with Crippen molar-refractivity contribution in [1.29, 1.82) is 0 Å². The van der Waals surface area contributed by atoms with Gasteiger partial charge in [0.15, 0.2) is 0 Å². The van der Waals surface area contributed by atoms with Crippen LogP contribution in [0.5, 0.6) is 17.2 Å². The van der Waals surface area contributed by atoms with Crippen LogP contribution in [0.1, 0.15) is 5.56 Å². The van der Waals surface area contributed by atoms with Crippen LogP contribution in [0.15, 0.2) is 54.6 Å². The summed E-state index contributed by atoms with van der Waals surface area (Å²) >= 11 is 0. The molecule has 1 N–H and O–H groups in total. The predicted molar refractivity (Wildman–Crippen MR) is 87.1 cm³/mol. The fraction of sp³-hybridized carbons (Fsp3) is 0.167. The fourth-order valence-corrected chi connectivity index (χ4v) is 1.89. The van der Waals surface area contributed by atoms with Crippen LogP contribution in [0.25, 0.3) is 6.08 Å². The number of benzene rings is 2. The molecule has 0 bridgehead atoms. The summed E-state index contributed by atoms with van der Waals surface area (Å²) in [7, 11) is 1.61. The Morgan fingerprint density at radius 3 is 2.26 bits per heavy atom. The van der Waals surface area contributed by atoms with Gasteiger partial charge in [-0.05, 0) is 35.9 Å². The van der Waals surface area contributed by atoms with Gasteiger partial charge in [0.25, 0.3) is 0 Å². The van der Waals surface area contributed by atoms with Crippen molar-refractivity contribution in [2.45, 2.75) is 0 Å². The van der Waals surface area contributed by atoms with Crippen molar-refractivity contribution >= 4 is 12.0 Å². The van der Waals surface area contributed by atoms with Gasteiger partial charge in [-0.15, -0.1) is 0 Å². The van der Waals surface area contributed by atoms with E-state index < -0.39 is 5.97 Å². The topological polar surface area (TPSA) is 65.0 Å². The van der Waals surface area contributed by atoms with E-state index in [1.54, 1.807) is 31.4 Å². The first kappa shape index (κ1) is 16.4. The fourth-order valence-electron chi connectivity index (χ4n) is 1.89. The second kappa shape index (κ2) is 8.48. The molecule has 0 amide bonds. The average Bonchev–Trinajstić information content (AvgIpc) is 2.57. The summed E-state index contributed by atoms with van der Waals surface area (Å²) in [5.74, 6) is 1.13. The van der Waals surface area contributed by atoms with Crippen LogP contribution < -0.4 is 14.2 Å². The van der Waals surface area contributed by atoms with Crippen molar-refractivity contribution in [2.75, 3.05) is 20.3 Å². The first-order valence-electron chi connectivity index (χ1n) is 7.08. The molecule has 0 aliphatic rings. The largest absolute Gasteiger partial charge is 0.497 e. The van der Waals surface area contributed by atoms with Crippen molar-refractivity contribution < 1.29 is 24.1 Å². The Balaban J connectivity index is 1.82. The Kier molecular flexibility index (Phi) is 6.06. The normalized spacial score (nSPS) is 10.5. The van der Waals surface area contributed by atoms with Gasteiger partial charge in [-0.3, -0.25) is 0 Å². The standard InChI is InChI=1S/C18H18O5/c1-21-15-5-3-7-17(13-15)23-11-10-22-16-6-2-4-14(12-16)8-9-18(19)20/h2-9,12-13H,10-11H2,1H3,(H,19,20). The Hall–Kier alpha value is -2.95. The third kappa shape index (κ3) is 5.74. The molecular formula is C18H18O5. The van der Waals surface area contributed by atoms with E-state index in [0.29, 0.717) is 24.7 Å².